The molecule has 5 nitrogen and oxygen atoms in total. The molecule has 2 aliphatic heterocycles. The lowest BCUT2D eigenvalue weighted by atomic mass is 10.0. The van der Waals surface area contributed by atoms with Gasteiger partial charge in [-0.3, -0.25) is 14.4 Å². The Kier molecular flexibility index (Phi) is 4.81. The zero-order valence-corrected chi connectivity index (χ0v) is 13.9. The Morgan fingerprint density at radius 1 is 1.27 bits per heavy atom. The van der Waals surface area contributed by atoms with E-state index in [2.05, 4.69) is 21.8 Å². The molecule has 0 spiro atoms. The summed E-state index contributed by atoms with van der Waals surface area (Å²) < 4.78 is 1.88. The second kappa shape index (κ2) is 6.82. The highest BCUT2D eigenvalue weighted by atomic mass is 16.2. The van der Waals surface area contributed by atoms with Crippen LogP contribution >= 0.6 is 0 Å². The van der Waals surface area contributed by atoms with Crippen molar-refractivity contribution in [3.05, 3.63) is 18.0 Å². The van der Waals surface area contributed by atoms with Crippen molar-refractivity contribution in [1.29, 1.82) is 0 Å². The lowest BCUT2D eigenvalue weighted by Crippen LogP contribution is -2.48. The number of rotatable bonds is 5. The predicted octanol–water partition coefficient (Wildman–Crippen LogP) is 2.06. The maximum Gasteiger partial charge on any atom is 0.224 e. The first kappa shape index (κ1) is 15.5. The Bertz CT molecular complexity index is 513. The summed E-state index contributed by atoms with van der Waals surface area (Å²) in [6, 6.07) is 1.03. The highest BCUT2D eigenvalue weighted by Gasteiger charge is 2.38. The number of hydrogen-bond donors (Lipinski definition) is 0. The zero-order chi connectivity index (χ0) is 15.5. The van der Waals surface area contributed by atoms with Crippen LogP contribution in [0.4, 0.5) is 0 Å². The number of aryl methyl sites for hydroxylation is 2. The summed E-state index contributed by atoms with van der Waals surface area (Å²) in [4.78, 5) is 17.4. The van der Waals surface area contributed by atoms with E-state index < -0.39 is 0 Å². The van der Waals surface area contributed by atoms with Gasteiger partial charge < -0.3 is 4.90 Å². The van der Waals surface area contributed by atoms with Crippen LogP contribution < -0.4 is 0 Å². The molecule has 0 unspecified atom stereocenters. The normalized spacial score (nSPS) is 26.0. The van der Waals surface area contributed by atoms with E-state index in [1.165, 1.54) is 25.8 Å². The first-order chi connectivity index (χ1) is 10.7. The van der Waals surface area contributed by atoms with E-state index in [0.717, 1.165) is 25.1 Å². The molecule has 2 fully saturated rings. The highest BCUT2D eigenvalue weighted by molar-refractivity contribution is 5.76. The minimum absolute atomic E-state index is 0.304. The van der Waals surface area contributed by atoms with Gasteiger partial charge in [0.05, 0.1) is 6.20 Å². The molecule has 0 radical (unpaired) electrons. The molecule has 3 rings (SSSR count). The summed E-state index contributed by atoms with van der Waals surface area (Å²) in [6.45, 7) is 8.20. The Morgan fingerprint density at radius 3 is 2.77 bits per heavy atom. The standard InChI is InChI=1S/C17H28N4O/c1-3-19-9-4-6-15(19)16-7-5-10-21(16)17(22)8-11-20-13-14(2)12-18-20/h12-13,15-16H,3-11H2,1-2H3/t15-,16-/m0/s1. The second-order valence-electron chi connectivity index (χ2n) is 6.67. The number of carbonyl (C=O) groups excluding carboxylic acids is 1. The Balaban J connectivity index is 1.58. The van der Waals surface area contributed by atoms with Crippen LogP contribution in [0.25, 0.3) is 0 Å². The van der Waals surface area contributed by atoms with Crippen LogP contribution in [-0.2, 0) is 11.3 Å². The van der Waals surface area contributed by atoms with Crippen molar-refractivity contribution >= 4 is 5.91 Å². The Morgan fingerprint density at radius 2 is 2.05 bits per heavy atom. The minimum atomic E-state index is 0.304. The van der Waals surface area contributed by atoms with Crippen molar-refractivity contribution in [2.45, 2.75) is 64.6 Å². The molecule has 1 aromatic rings. The first-order valence-corrected chi connectivity index (χ1v) is 8.71. The summed E-state index contributed by atoms with van der Waals surface area (Å²) in [5, 5.41) is 4.27. The quantitative estimate of drug-likeness (QED) is 0.836. The molecule has 1 aromatic heterocycles. The smallest absolute Gasteiger partial charge is 0.224 e. The van der Waals surface area contributed by atoms with Crippen LogP contribution in [0.3, 0.4) is 0 Å². The molecule has 1 amide bonds. The van der Waals surface area contributed by atoms with Crippen LogP contribution in [0.1, 0.15) is 44.6 Å². The SMILES string of the molecule is CCN1CCC[C@H]1[C@@H]1CCCN1C(=O)CCn1cc(C)cn1. The molecule has 2 aliphatic rings. The molecule has 5 heteroatoms. The Hall–Kier alpha value is -1.36. The van der Waals surface area contributed by atoms with E-state index in [1.807, 2.05) is 24.0 Å². The van der Waals surface area contributed by atoms with Crippen molar-refractivity contribution in [3.63, 3.8) is 0 Å². The summed E-state index contributed by atoms with van der Waals surface area (Å²) >= 11 is 0. The lowest BCUT2D eigenvalue weighted by Gasteiger charge is -2.34. The first-order valence-electron chi connectivity index (χ1n) is 8.71. The molecule has 2 atom stereocenters. The van der Waals surface area contributed by atoms with Crippen LogP contribution in [-0.4, -0.2) is 57.2 Å². The van der Waals surface area contributed by atoms with Gasteiger partial charge in [0.25, 0.3) is 0 Å². The van der Waals surface area contributed by atoms with E-state index in [9.17, 15) is 4.79 Å². The predicted molar refractivity (Wildman–Crippen MR) is 86.6 cm³/mol. The van der Waals surface area contributed by atoms with Gasteiger partial charge in [0, 0.05) is 37.8 Å². The fourth-order valence-electron chi connectivity index (χ4n) is 4.13. The van der Waals surface area contributed by atoms with E-state index >= 15 is 0 Å². The van der Waals surface area contributed by atoms with Gasteiger partial charge >= 0.3 is 0 Å². The molecule has 0 N–H and O–H groups in total. The summed E-state index contributed by atoms with van der Waals surface area (Å²) in [6.07, 6.45) is 9.28. The number of likely N-dealkylation sites (tertiary alicyclic amines) is 2. The number of aromatic nitrogens is 2. The van der Waals surface area contributed by atoms with Gasteiger partial charge in [0.2, 0.25) is 5.91 Å². The van der Waals surface area contributed by atoms with Gasteiger partial charge in [0.15, 0.2) is 0 Å². The fraction of sp³-hybridized carbons (Fsp3) is 0.765. The molecule has 3 heterocycles. The number of amides is 1. The molecule has 122 valence electrons. The third-order valence-corrected chi connectivity index (χ3v) is 5.20. The Labute approximate surface area is 133 Å². The largest absolute Gasteiger partial charge is 0.338 e. The molecule has 0 aromatic carbocycles. The van der Waals surface area contributed by atoms with Crippen molar-refractivity contribution in [1.82, 2.24) is 19.6 Å². The average molecular weight is 304 g/mol. The summed E-state index contributed by atoms with van der Waals surface area (Å²) in [7, 11) is 0. The van der Waals surface area contributed by atoms with Crippen LogP contribution in [0.15, 0.2) is 12.4 Å². The van der Waals surface area contributed by atoms with Crippen LogP contribution in [0.5, 0.6) is 0 Å². The van der Waals surface area contributed by atoms with Crippen molar-refractivity contribution in [2.75, 3.05) is 19.6 Å². The second-order valence-corrected chi connectivity index (χ2v) is 6.67. The topological polar surface area (TPSA) is 41.4 Å². The third-order valence-electron chi connectivity index (χ3n) is 5.20. The average Bonchev–Trinajstić information content (AvgIpc) is 3.23. The van der Waals surface area contributed by atoms with Crippen molar-refractivity contribution < 1.29 is 4.79 Å². The number of hydrogen-bond acceptors (Lipinski definition) is 3. The maximum atomic E-state index is 12.7. The molecule has 2 saturated heterocycles. The molecular formula is C17H28N4O. The van der Waals surface area contributed by atoms with Crippen LogP contribution in [0, 0.1) is 6.92 Å². The zero-order valence-electron chi connectivity index (χ0n) is 13.9. The highest BCUT2D eigenvalue weighted by Crippen LogP contribution is 2.30. The van der Waals surface area contributed by atoms with Crippen molar-refractivity contribution in [3.8, 4) is 0 Å². The number of nitrogens with zero attached hydrogens (tertiary/aromatic N) is 4. The molecule has 0 aliphatic carbocycles. The van der Waals surface area contributed by atoms with Gasteiger partial charge in [-0.2, -0.15) is 5.10 Å². The van der Waals surface area contributed by atoms with Gasteiger partial charge in [-0.25, -0.2) is 0 Å². The molecular weight excluding hydrogens is 276 g/mol. The van der Waals surface area contributed by atoms with E-state index in [1.54, 1.807) is 0 Å². The lowest BCUT2D eigenvalue weighted by molar-refractivity contribution is -0.133. The van der Waals surface area contributed by atoms with Gasteiger partial charge in [0.1, 0.15) is 0 Å². The summed E-state index contributed by atoms with van der Waals surface area (Å²) in [5.74, 6) is 0.304. The fourth-order valence-corrected chi connectivity index (χ4v) is 4.13. The van der Waals surface area contributed by atoms with E-state index in [0.29, 0.717) is 31.0 Å². The monoisotopic (exact) mass is 304 g/mol. The molecule has 0 saturated carbocycles. The minimum Gasteiger partial charge on any atom is -0.338 e. The molecule has 22 heavy (non-hydrogen) atoms. The number of carbonyl (C=O) groups is 1. The van der Waals surface area contributed by atoms with E-state index in [4.69, 9.17) is 0 Å². The molecule has 0 bridgehead atoms. The third kappa shape index (κ3) is 3.19. The van der Waals surface area contributed by atoms with Crippen LogP contribution in [0.2, 0.25) is 0 Å². The number of likely N-dealkylation sites (N-methyl/N-ethyl adjacent to an activating group) is 1. The van der Waals surface area contributed by atoms with Gasteiger partial charge in [-0.15, -0.1) is 0 Å². The van der Waals surface area contributed by atoms with Gasteiger partial charge in [-0.1, -0.05) is 6.92 Å². The maximum absolute atomic E-state index is 12.7. The summed E-state index contributed by atoms with van der Waals surface area (Å²) in [5.41, 5.74) is 1.15. The van der Waals surface area contributed by atoms with E-state index in [-0.39, 0.29) is 0 Å². The van der Waals surface area contributed by atoms with Gasteiger partial charge in [-0.05, 0) is 51.3 Å². The van der Waals surface area contributed by atoms with Crippen molar-refractivity contribution in [2.24, 2.45) is 0 Å².